The molecule has 9 heteroatoms. The highest BCUT2D eigenvalue weighted by Gasteiger charge is 2.22. The first-order chi connectivity index (χ1) is 17.8. The predicted octanol–water partition coefficient (Wildman–Crippen LogP) is 8.18. The van der Waals surface area contributed by atoms with E-state index in [1.54, 1.807) is 32.1 Å². The van der Waals surface area contributed by atoms with Gasteiger partial charge in [0.25, 0.3) is 0 Å². The second kappa shape index (κ2) is 11.8. The molecule has 2 heterocycles. The zero-order valence-corrected chi connectivity index (χ0v) is 22.8. The molecule has 0 spiro atoms. The number of esters is 1. The van der Waals surface area contributed by atoms with E-state index in [1.165, 1.54) is 11.3 Å². The van der Waals surface area contributed by atoms with Crippen LogP contribution >= 0.6 is 34.5 Å². The average molecular weight is 555 g/mol. The topological polar surface area (TPSA) is 74.5 Å². The molecule has 2 aromatic carbocycles. The summed E-state index contributed by atoms with van der Waals surface area (Å²) in [5.41, 5.74) is 4.36. The van der Waals surface area contributed by atoms with Gasteiger partial charge in [-0.15, -0.1) is 21.5 Å². The monoisotopic (exact) mass is 554 g/mol. The summed E-state index contributed by atoms with van der Waals surface area (Å²) in [5.74, 6) is 1.01. The summed E-state index contributed by atoms with van der Waals surface area (Å²) in [6, 6.07) is 12.9. The predicted molar refractivity (Wildman–Crippen MR) is 149 cm³/mol. The number of rotatable bonds is 9. The maximum absolute atomic E-state index is 12.4. The minimum atomic E-state index is -0.403. The van der Waals surface area contributed by atoms with E-state index in [1.807, 2.05) is 42.6 Å². The van der Waals surface area contributed by atoms with Crippen LogP contribution in [0.25, 0.3) is 33.5 Å². The van der Waals surface area contributed by atoms with Gasteiger partial charge < -0.3 is 13.9 Å². The minimum absolute atomic E-state index is 0.224. The first-order valence-corrected chi connectivity index (χ1v) is 13.1. The van der Waals surface area contributed by atoms with E-state index in [2.05, 4.69) is 16.8 Å². The summed E-state index contributed by atoms with van der Waals surface area (Å²) in [6.45, 7) is 9.91. The average Bonchev–Trinajstić information content (AvgIpc) is 3.53. The van der Waals surface area contributed by atoms with E-state index < -0.39 is 5.97 Å². The third-order valence-electron chi connectivity index (χ3n) is 5.50. The van der Waals surface area contributed by atoms with Crippen LogP contribution < -0.4 is 4.74 Å². The summed E-state index contributed by atoms with van der Waals surface area (Å²) in [6.07, 6.45) is 1.72. The molecule has 0 saturated heterocycles. The van der Waals surface area contributed by atoms with Crippen molar-refractivity contribution in [2.45, 2.75) is 27.4 Å². The molecule has 4 aromatic rings. The summed E-state index contributed by atoms with van der Waals surface area (Å²) < 4.78 is 17.3. The first kappa shape index (κ1) is 26.7. The number of aryl methyl sites for hydroxylation is 1. The molecule has 0 aliphatic carbocycles. The number of hydrogen-bond acceptors (Lipinski definition) is 7. The molecule has 0 aliphatic heterocycles. The van der Waals surface area contributed by atoms with Gasteiger partial charge in [-0.25, -0.2) is 4.79 Å². The quantitative estimate of drug-likeness (QED) is 0.153. The van der Waals surface area contributed by atoms with Gasteiger partial charge in [-0.2, -0.15) is 0 Å². The Hall–Kier alpha value is -3.39. The third kappa shape index (κ3) is 5.96. The lowest BCUT2D eigenvalue weighted by atomic mass is 10.1. The summed E-state index contributed by atoms with van der Waals surface area (Å²) in [7, 11) is 0. The number of thiophene rings is 1. The van der Waals surface area contributed by atoms with Crippen molar-refractivity contribution in [3.8, 4) is 28.7 Å². The zero-order valence-electron chi connectivity index (χ0n) is 20.5. The molecule has 0 radical (unpaired) electrons. The number of halogens is 2. The Morgan fingerprint density at radius 3 is 2.46 bits per heavy atom. The maximum Gasteiger partial charge on any atom is 0.339 e. The van der Waals surface area contributed by atoms with Gasteiger partial charge in [-0.3, -0.25) is 0 Å². The van der Waals surface area contributed by atoms with E-state index in [-0.39, 0.29) is 13.2 Å². The molecule has 4 rings (SSSR count). The second-order valence-electron chi connectivity index (χ2n) is 7.98. The van der Waals surface area contributed by atoms with Crippen molar-refractivity contribution in [1.82, 2.24) is 10.2 Å². The third-order valence-corrected chi connectivity index (χ3v) is 7.00. The number of allylic oxidation sites excluding steroid dienone is 1. The standard InChI is InChI=1S/C28H24Cl2N2O4S/c1-5-22(28(33)34-6-2)25-24(17(4)29)20(15-37-25)14-35-23-13-19(8-7-16(23)3)27-32-31-26(36-27)18-9-11-21(30)12-10-18/h5,7-13,15H,4,6,14H2,1-3H3/b22-5+. The molecule has 2 aromatic heterocycles. The van der Waals surface area contributed by atoms with E-state index in [9.17, 15) is 4.79 Å². The van der Waals surface area contributed by atoms with Crippen molar-refractivity contribution in [1.29, 1.82) is 0 Å². The van der Waals surface area contributed by atoms with Crippen LogP contribution in [-0.4, -0.2) is 22.8 Å². The number of aromatic nitrogens is 2. The van der Waals surface area contributed by atoms with Crippen LogP contribution in [0, 0.1) is 6.92 Å². The number of carbonyl (C=O) groups excluding carboxylic acids is 1. The number of benzene rings is 2. The highest BCUT2D eigenvalue weighted by atomic mass is 35.5. The Kier molecular flexibility index (Phi) is 8.48. The van der Waals surface area contributed by atoms with Crippen LogP contribution in [0.5, 0.6) is 5.75 Å². The fourth-order valence-electron chi connectivity index (χ4n) is 3.64. The molecule has 0 fully saturated rings. The van der Waals surface area contributed by atoms with Crippen molar-refractivity contribution >= 4 is 51.1 Å². The number of nitrogens with zero attached hydrogens (tertiary/aromatic N) is 2. The van der Waals surface area contributed by atoms with Gasteiger partial charge in [-0.05, 0) is 68.1 Å². The van der Waals surface area contributed by atoms with Gasteiger partial charge in [-0.1, -0.05) is 41.9 Å². The zero-order chi connectivity index (χ0) is 26.5. The fraction of sp³-hybridized carbons (Fsp3) is 0.179. The summed E-state index contributed by atoms with van der Waals surface area (Å²) in [5, 5.41) is 11.2. The van der Waals surface area contributed by atoms with Crippen LogP contribution in [0.1, 0.15) is 35.4 Å². The van der Waals surface area contributed by atoms with Crippen molar-refractivity contribution in [3.05, 3.63) is 87.1 Å². The van der Waals surface area contributed by atoms with Gasteiger partial charge in [0.05, 0.1) is 17.1 Å². The lowest BCUT2D eigenvalue weighted by molar-refractivity contribution is -0.136. The Bertz CT molecular complexity index is 1470. The molecular formula is C28H24Cl2N2O4S. The molecule has 190 valence electrons. The van der Waals surface area contributed by atoms with Crippen LogP contribution in [-0.2, 0) is 16.1 Å². The maximum atomic E-state index is 12.4. The molecule has 0 atom stereocenters. The Labute approximate surface area is 229 Å². The Morgan fingerprint density at radius 2 is 1.81 bits per heavy atom. The molecular weight excluding hydrogens is 531 g/mol. The van der Waals surface area contributed by atoms with Gasteiger partial charge in [0.2, 0.25) is 11.8 Å². The van der Waals surface area contributed by atoms with E-state index in [4.69, 9.17) is 37.1 Å². The molecule has 6 nitrogen and oxygen atoms in total. The minimum Gasteiger partial charge on any atom is -0.489 e. The van der Waals surface area contributed by atoms with E-state index in [0.717, 1.165) is 22.3 Å². The Morgan fingerprint density at radius 1 is 1.14 bits per heavy atom. The van der Waals surface area contributed by atoms with Crippen LogP contribution in [0.15, 0.2) is 64.9 Å². The molecule has 0 N–H and O–H groups in total. The molecule has 0 saturated carbocycles. The lowest BCUT2D eigenvalue weighted by Crippen LogP contribution is -2.07. The number of carbonyl (C=O) groups is 1. The molecule has 0 bridgehead atoms. The number of ether oxygens (including phenoxy) is 2. The van der Waals surface area contributed by atoms with Crippen LogP contribution in [0.3, 0.4) is 0 Å². The molecule has 0 aliphatic rings. The fourth-order valence-corrected chi connectivity index (χ4v) is 5.18. The van der Waals surface area contributed by atoms with Crippen LogP contribution in [0.4, 0.5) is 0 Å². The van der Waals surface area contributed by atoms with Gasteiger partial charge in [0.1, 0.15) is 12.4 Å². The van der Waals surface area contributed by atoms with Crippen molar-refractivity contribution in [2.24, 2.45) is 0 Å². The SMILES string of the molecule is C=C(Cl)c1c(COc2cc(-c3nnc(-c4ccc(Cl)cc4)o3)ccc2C)csc1/C(=C\C)C(=O)OCC. The molecule has 0 unspecified atom stereocenters. The second-order valence-corrected chi connectivity index (χ2v) is 9.75. The summed E-state index contributed by atoms with van der Waals surface area (Å²) >= 11 is 13.7. The normalized spacial score (nSPS) is 11.4. The highest BCUT2D eigenvalue weighted by Crippen LogP contribution is 2.37. The van der Waals surface area contributed by atoms with Crippen LogP contribution in [0.2, 0.25) is 5.02 Å². The van der Waals surface area contributed by atoms with Crippen molar-refractivity contribution < 1.29 is 18.7 Å². The largest absolute Gasteiger partial charge is 0.489 e. The Balaban J connectivity index is 1.57. The summed E-state index contributed by atoms with van der Waals surface area (Å²) in [4.78, 5) is 13.1. The van der Waals surface area contributed by atoms with E-state index >= 15 is 0 Å². The molecule has 0 amide bonds. The lowest BCUT2D eigenvalue weighted by Gasteiger charge is -2.12. The first-order valence-electron chi connectivity index (χ1n) is 11.4. The van der Waals surface area contributed by atoms with Gasteiger partial charge >= 0.3 is 5.97 Å². The van der Waals surface area contributed by atoms with Gasteiger partial charge in [0, 0.05) is 32.3 Å². The van der Waals surface area contributed by atoms with Crippen molar-refractivity contribution in [3.63, 3.8) is 0 Å². The van der Waals surface area contributed by atoms with Gasteiger partial charge in [0.15, 0.2) is 0 Å². The van der Waals surface area contributed by atoms with E-state index in [0.29, 0.717) is 43.6 Å². The van der Waals surface area contributed by atoms with Crippen molar-refractivity contribution in [2.75, 3.05) is 6.61 Å². The number of hydrogen-bond donors (Lipinski definition) is 0. The molecule has 37 heavy (non-hydrogen) atoms. The highest BCUT2D eigenvalue weighted by molar-refractivity contribution is 7.12. The smallest absolute Gasteiger partial charge is 0.339 e.